The van der Waals surface area contributed by atoms with Crippen molar-refractivity contribution in [3.63, 3.8) is 0 Å². The summed E-state index contributed by atoms with van der Waals surface area (Å²) >= 11 is 5.69. The van der Waals surface area contributed by atoms with Crippen LogP contribution in [0, 0.1) is 0 Å². The Labute approximate surface area is 105 Å². The zero-order chi connectivity index (χ0) is 12.8. The third kappa shape index (κ3) is 5.01. The molecule has 0 amide bonds. The fourth-order valence-corrected chi connectivity index (χ4v) is 1.43. The Kier molecular flexibility index (Phi) is 5.18. The van der Waals surface area contributed by atoms with Crippen LogP contribution in [0.5, 0.6) is 5.88 Å². The minimum Gasteiger partial charge on any atom is -0.478 e. The average Bonchev–Trinajstić information content (AvgIpc) is 2.23. The van der Waals surface area contributed by atoms with Gasteiger partial charge < -0.3 is 14.7 Å². The molecule has 0 bridgehead atoms. The molecule has 0 fully saturated rings. The van der Waals surface area contributed by atoms with Gasteiger partial charge in [-0.05, 0) is 26.6 Å². The first-order valence-corrected chi connectivity index (χ1v) is 5.55. The molecule has 0 saturated carbocycles. The minimum absolute atomic E-state index is 0.0765. The monoisotopic (exact) mass is 258 g/mol. The lowest BCUT2D eigenvalue weighted by Crippen LogP contribution is -2.15. The van der Waals surface area contributed by atoms with Gasteiger partial charge in [-0.25, -0.2) is 9.78 Å². The Morgan fingerprint density at radius 3 is 2.82 bits per heavy atom. The number of nitrogens with zero attached hydrogens (tertiary/aromatic N) is 2. The first-order valence-electron chi connectivity index (χ1n) is 5.17. The predicted octanol–water partition coefficient (Wildman–Crippen LogP) is 1.76. The second-order valence-electron chi connectivity index (χ2n) is 3.83. The lowest BCUT2D eigenvalue weighted by atomic mass is 10.3. The number of carbonyl (C=O) groups is 1. The van der Waals surface area contributed by atoms with Crippen molar-refractivity contribution in [2.24, 2.45) is 0 Å². The highest BCUT2D eigenvalue weighted by molar-refractivity contribution is 6.29. The zero-order valence-corrected chi connectivity index (χ0v) is 10.6. The second-order valence-corrected chi connectivity index (χ2v) is 4.21. The van der Waals surface area contributed by atoms with Crippen molar-refractivity contribution in [2.45, 2.75) is 6.42 Å². The van der Waals surface area contributed by atoms with Crippen molar-refractivity contribution in [3.05, 3.63) is 22.8 Å². The van der Waals surface area contributed by atoms with Crippen molar-refractivity contribution in [1.29, 1.82) is 0 Å². The lowest BCUT2D eigenvalue weighted by Gasteiger charge is -2.10. The van der Waals surface area contributed by atoms with Crippen molar-refractivity contribution >= 4 is 17.6 Å². The second kappa shape index (κ2) is 6.42. The topological polar surface area (TPSA) is 62.7 Å². The highest BCUT2D eigenvalue weighted by Crippen LogP contribution is 2.16. The molecule has 1 heterocycles. The van der Waals surface area contributed by atoms with Gasteiger partial charge in [-0.2, -0.15) is 0 Å². The molecule has 1 aromatic heterocycles. The van der Waals surface area contributed by atoms with Crippen LogP contribution in [0.3, 0.4) is 0 Å². The molecule has 17 heavy (non-hydrogen) atoms. The fourth-order valence-electron chi connectivity index (χ4n) is 1.23. The minimum atomic E-state index is -1.05. The van der Waals surface area contributed by atoms with Gasteiger partial charge in [0.1, 0.15) is 5.15 Å². The number of rotatable bonds is 6. The summed E-state index contributed by atoms with van der Waals surface area (Å²) in [5.74, 6) is -0.805. The van der Waals surface area contributed by atoms with Crippen molar-refractivity contribution < 1.29 is 14.6 Å². The number of aromatic nitrogens is 1. The SMILES string of the molecule is CN(C)CCCOc1cc(C(=O)O)cc(Cl)n1. The molecule has 0 unspecified atom stereocenters. The van der Waals surface area contributed by atoms with Gasteiger partial charge in [0, 0.05) is 12.6 Å². The van der Waals surface area contributed by atoms with Crippen LogP contribution in [-0.2, 0) is 0 Å². The van der Waals surface area contributed by atoms with E-state index in [1.165, 1.54) is 12.1 Å². The highest BCUT2D eigenvalue weighted by atomic mass is 35.5. The Morgan fingerprint density at radius 2 is 2.24 bits per heavy atom. The van der Waals surface area contributed by atoms with Gasteiger partial charge >= 0.3 is 5.97 Å². The molecule has 5 nitrogen and oxygen atoms in total. The number of halogens is 1. The summed E-state index contributed by atoms with van der Waals surface area (Å²) in [5.41, 5.74) is 0.0765. The van der Waals surface area contributed by atoms with Crippen LogP contribution in [0.2, 0.25) is 5.15 Å². The van der Waals surface area contributed by atoms with Crippen LogP contribution in [0.25, 0.3) is 0 Å². The molecule has 1 aromatic rings. The van der Waals surface area contributed by atoms with Gasteiger partial charge in [-0.3, -0.25) is 0 Å². The third-order valence-electron chi connectivity index (χ3n) is 2.02. The summed E-state index contributed by atoms with van der Waals surface area (Å²) in [6, 6.07) is 2.65. The van der Waals surface area contributed by atoms with E-state index in [1.54, 1.807) is 0 Å². The Morgan fingerprint density at radius 1 is 1.53 bits per heavy atom. The van der Waals surface area contributed by atoms with E-state index in [0.717, 1.165) is 13.0 Å². The van der Waals surface area contributed by atoms with Crippen LogP contribution in [0.15, 0.2) is 12.1 Å². The maximum atomic E-state index is 10.8. The molecule has 0 atom stereocenters. The maximum Gasteiger partial charge on any atom is 0.335 e. The quantitative estimate of drug-likeness (QED) is 0.622. The normalized spacial score (nSPS) is 10.6. The van der Waals surface area contributed by atoms with Gasteiger partial charge in [-0.15, -0.1) is 0 Å². The fraction of sp³-hybridized carbons (Fsp3) is 0.455. The van der Waals surface area contributed by atoms with Crippen molar-refractivity contribution in [3.8, 4) is 5.88 Å². The average molecular weight is 259 g/mol. The van der Waals surface area contributed by atoms with E-state index in [0.29, 0.717) is 6.61 Å². The van der Waals surface area contributed by atoms with Gasteiger partial charge in [0.2, 0.25) is 5.88 Å². The standard InChI is InChI=1S/C11H15ClN2O3/c1-14(2)4-3-5-17-10-7-8(11(15)16)6-9(12)13-10/h6-7H,3-5H2,1-2H3,(H,15,16). The largest absolute Gasteiger partial charge is 0.478 e. The number of hydrogen-bond acceptors (Lipinski definition) is 4. The predicted molar refractivity (Wildman–Crippen MR) is 64.9 cm³/mol. The molecule has 1 N–H and O–H groups in total. The number of ether oxygens (including phenoxy) is 1. The molecule has 6 heteroatoms. The van der Waals surface area contributed by atoms with E-state index in [-0.39, 0.29) is 16.6 Å². The van der Waals surface area contributed by atoms with E-state index in [2.05, 4.69) is 4.98 Å². The molecule has 0 spiro atoms. The smallest absolute Gasteiger partial charge is 0.335 e. The van der Waals surface area contributed by atoms with Gasteiger partial charge in [0.05, 0.1) is 12.2 Å². The van der Waals surface area contributed by atoms with E-state index in [4.69, 9.17) is 21.4 Å². The summed E-state index contributed by atoms with van der Waals surface area (Å²) in [6.07, 6.45) is 0.837. The van der Waals surface area contributed by atoms with Crippen LogP contribution >= 0.6 is 11.6 Å². The van der Waals surface area contributed by atoms with Crippen LogP contribution in [0.4, 0.5) is 0 Å². The molecule has 94 valence electrons. The van der Waals surface area contributed by atoms with Crippen molar-refractivity contribution in [2.75, 3.05) is 27.2 Å². The van der Waals surface area contributed by atoms with Gasteiger partial charge in [0.25, 0.3) is 0 Å². The molecule has 0 aromatic carbocycles. The summed E-state index contributed by atoms with van der Waals surface area (Å²) in [7, 11) is 3.94. The Bertz CT molecular complexity index is 396. The van der Waals surface area contributed by atoms with E-state index >= 15 is 0 Å². The molecule has 1 rings (SSSR count). The first kappa shape index (κ1) is 13.7. The number of hydrogen-bond donors (Lipinski definition) is 1. The number of carboxylic acid groups (broad SMARTS) is 1. The highest BCUT2D eigenvalue weighted by Gasteiger charge is 2.08. The molecular weight excluding hydrogens is 244 g/mol. The van der Waals surface area contributed by atoms with Crippen LogP contribution in [0.1, 0.15) is 16.8 Å². The molecular formula is C11H15ClN2O3. The maximum absolute atomic E-state index is 10.8. The van der Waals surface area contributed by atoms with Gasteiger partial charge in [-0.1, -0.05) is 11.6 Å². The summed E-state index contributed by atoms with van der Waals surface area (Å²) in [5, 5.41) is 8.95. The summed E-state index contributed by atoms with van der Waals surface area (Å²) < 4.78 is 5.34. The Balaban J connectivity index is 2.56. The van der Waals surface area contributed by atoms with E-state index in [1.807, 2.05) is 19.0 Å². The molecule has 0 aliphatic heterocycles. The van der Waals surface area contributed by atoms with Gasteiger partial charge in [0.15, 0.2) is 0 Å². The molecule has 0 aliphatic carbocycles. The first-order chi connectivity index (χ1) is 7.99. The molecule has 0 saturated heterocycles. The lowest BCUT2D eigenvalue weighted by molar-refractivity contribution is 0.0696. The zero-order valence-electron chi connectivity index (χ0n) is 9.81. The molecule has 0 aliphatic rings. The summed E-state index contributed by atoms with van der Waals surface area (Å²) in [4.78, 5) is 16.7. The van der Waals surface area contributed by atoms with Crippen molar-refractivity contribution in [1.82, 2.24) is 9.88 Å². The number of pyridine rings is 1. The number of carboxylic acids is 1. The summed E-state index contributed by atoms with van der Waals surface area (Å²) in [6.45, 7) is 1.37. The van der Waals surface area contributed by atoms with E-state index < -0.39 is 5.97 Å². The third-order valence-corrected chi connectivity index (χ3v) is 2.21. The van der Waals surface area contributed by atoms with Crippen LogP contribution in [-0.4, -0.2) is 48.2 Å². The molecule has 0 radical (unpaired) electrons. The Hall–Kier alpha value is -1.33. The van der Waals surface area contributed by atoms with E-state index in [9.17, 15) is 4.79 Å². The number of aromatic carboxylic acids is 1. The van der Waals surface area contributed by atoms with Crippen LogP contribution < -0.4 is 4.74 Å².